The van der Waals surface area contributed by atoms with E-state index in [-0.39, 0.29) is 23.8 Å². The van der Waals surface area contributed by atoms with Crippen LogP contribution in [0.15, 0.2) is 48.8 Å². The van der Waals surface area contributed by atoms with E-state index >= 15 is 0 Å². The number of amides is 1. The highest BCUT2D eigenvalue weighted by Crippen LogP contribution is 2.44. The van der Waals surface area contributed by atoms with Gasteiger partial charge in [0.1, 0.15) is 5.82 Å². The van der Waals surface area contributed by atoms with Gasteiger partial charge in [-0.3, -0.25) is 4.79 Å². The monoisotopic (exact) mass is 390 g/mol. The fourth-order valence-electron chi connectivity index (χ4n) is 4.30. The van der Waals surface area contributed by atoms with Crippen LogP contribution in [0.25, 0.3) is 11.4 Å². The standard InChI is InChI=1S/C22H19FN4O2/c1-29-20-9-4-14(11-24-20)22(28)27-16-7-8-19(27)17-12-25-21(26-18(17)10-16)13-2-5-15(23)6-3-13/h2-6,9,11-12,16,19H,7-8,10H2,1H3. The van der Waals surface area contributed by atoms with E-state index in [1.807, 2.05) is 11.1 Å². The molecule has 5 rings (SSSR count). The van der Waals surface area contributed by atoms with Crippen molar-refractivity contribution in [2.24, 2.45) is 0 Å². The number of aromatic nitrogens is 3. The number of benzene rings is 1. The largest absolute Gasteiger partial charge is 0.481 e. The first-order valence-electron chi connectivity index (χ1n) is 9.58. The van der Waals surface area contributed by atoms with Gasteiger partial charge in [-0.15, -0.1) is 0 Å². The lowest BCUT2D eigenvalue weighted by Crippen LogP contribution is -2.42. The molecule has 2 aliphatic heterocycles. The first kappa shape index (κ1) is 17.7. The van der Waals surface area contributed by atoms with Crippen molar-refractivity contribution in [3.05, 3.63) is 71.4 Å². The number of methoxy groups -OCH3 is 1. The minimum Gasteiger partial charge on any atom is -0.481 e. The highest BCUT2D eigenvalue weighted by atomic mass is 19.1. The summed E-state index contributed by atoms with van der Waals surface area (Å²) in [5.74, 6) is 0.755. The van der Waals surface area contributed by atoms with Gasteiger partial charge in [0.15, 0.2) is 5.82 Å². The summed E-state index contributed by atoms with van der Waals surface area (Å²) in [6.07, 6.45) is 5.90. The molecule has 146 valence electrons. The maximum absolute atomic E-state index is 13.2. The predicted molar refractivity (Wildman–Crippen MR) is 104 cm³/mol. The molecule has 7 heteroatoms. The molecule has 0 aliphatic carbocycles. The number of hydrogen-bond donors (Lipinski definition) is 0. The SMILES string of the molecule is COc1ccc(C(=O)N2C3CCC2c2cnc(-c4ccc(F)cc4)nc2C3)cn1. The maximum Gasteiger partial charge on any atom is 0.256 e. The van der Waals surface area contributed by atoms with Gasteiger partial charge >= 0.3 is 0 Å². The Morgan fingerprint density at radius 3 is 2.66 bits per heavy atom. The van der Waals surface area contributed by atoms with Crippen LogP contribution in [0.5, 0.6) is 5.88 Å². The molecule has 29 heavy (non-hydrogen) atoms. The zero-order valence-corrected chi connectivity index (χ0v) is 15.9. The zero-order chi connectivity index (χ0) is 20.0. The van der Waals surface area contributed by atoms with Crippen LogP contribution < -0.4 is 4.74 Å². The van der Waals surface area contributed by atoms with Gasteiger partial charge < -0.3 is 9.64 Å². The average molecular weight is 390 g/mol. The Bertz CT molecular complexity index is 1070. The summed E-state index contributed by atoms with van der Waals surface area (Å²) in [4.78, 5) is 28.5. The topological polar surface area (TPSA) is 68.2 Å². The van der Waals surface area contributed by atoms with Gasteiger partial charge in [-0.05, 0) is 43.2 Å². The Kier molecular flexibility index (Phi) is 4.23. The molecule has 1 saturated heterocycles. The van der Waals surface area contributed by atoms with E-state index in [4.69, 9.17) is 9.72 Å². The van der Waals surface area contributed by atoms with Gasteiger partial charge in [0.05, 0.1) is 24.4 Å². The molecule has 1 aromatic carbocycles. The molecular weight excluding hydrogens is 371 g/mol. The second-order valence-corrected chi connectivity index (χ2v) is 7.36. The van der Waals surface area contributed by atoms with Crippen molar-refractivity contribution in [1.29, 1.82) is 0 Å². The van der Waals surface area contributed by atoms with E-state index < -0.39 is 0 Å². The zero-order valence-electron chi connectivity index (χ0n) is 15.9. The van der Waals surface area contributed by atoms with E-state index in [1.165, 1.54) is 12.1 Å². The summed E-state index contributed by atoms with van der Waals surface area (Å²) in [5.41, 5.74) is 3.31. The number of ether oxygens (including phenoxy) is 1. The normalized spacial score (nSPS) is 19.7. The molecule has 0 radical (unpaired) electrons. The van der Waals surface area contributed by atoms with E-state index in [1.54, 1.807) is 37.6 Å². The number of fused-ring (bicyclic) bond motifs is 4. The van der Waals surface area contributed by atoms with Crippen molar-refractivity contribution >= 4 is 5.91 Å². The number of carbonyl (C=O) groups is 1. The lowest BCUT2D eigenvalue weighted by Gasteiger charge is -2.35. The van der Waals surface area contributed by atoms with Crippen molar-refractivity contribution in [1.82, 2.24) is 19.9 Å². The Balaban J connectivity index is 1.45. The van der Waals surface area contributed by atoms with Crippen LogP contribution in [0.3, 0.4) is 0 Å². The van der Waals surface area contributed by atoms with Gasteiger partial charge in [-0.1, -0.05) is 0 Å². The van der Waals surface area contributed by atoms with Crippen LogP contribution in [-0.4, -0.2) is 38.9 Å². The van der Waals surface area contributed by atoms with Gasteiger partial charge in [-0.2, -0.15) is 0 Å². The Morgan fingerprint density at radius 1 is 1.10 bits per heavy atom. The fourth-order valence-corrected chi connectivity index (χ4v) is 4.30. The van der Waals surface area contributed by atoms with Gasteiger partial charge in [0.2, 0.25) is 5.88 Å². The van der Waals surface area contributed by atoms with Crippen LogP contribution in [0.1, 0.15) is 40.5 Å². The third-order valence-electron chi connectivity index (χ3n) is 5.72. The van der Waals surface area contributed by atoms with E-state index in [2.05, 4.69) is 9.97 Å². The van der Waals surface area contributed by atoms with Crippen LogP contribution in [0.2, 0.25) is 0 Å². The predicted octanol–water partition coefficient (Wildman–Crippen LogP) is 3.59. The fraction of sp³-hybridized carbons (Fsp3) is 0.273. The molecule has 2 aromatic heterocycles. The summed E-state index contributed by atoms with van der Waals surface area (Å²) in [6, 6.07) is 9.71. The molecule has 1 amide bonds. The third-order valence-corrected chi connectivity index (χ3v) is 5.72. The first-order chi connectivity index (χ1) is 14.1. The van der Waals surface area contributed by atoms with Crippen molar-refractivity contribution in [2.45, 2.75) is 31.3 Å². The lowest BCUT2D eigenvalue weighted by atomic mass is 9.98. The van der Waals surface area contributed by atoms with Crippen LogP contribution in [0.4, 0.5) is 4.39 Å². The molecule has 2 atom stereocenters. The average Bonchev–Trinajstić information content (AvgIpc) is 3.08. The second kappa shape index (κ2) is 6.92. The highest BCUT2D eigenvalue weighted by molar-refractivity contribution is 5.95. The Labute approximate surface area is 167 Å². The molecule has 0 spiro atoms. The first-order valence-corrected chi connectivity index (χ1v) is 9.58. The van der Waals surface area contributed by atoms with Crippen LogP contribution >= 0.6 is 0 Å². The third kappa shape index (κ3) is 3.03. The van der Waals surface area contributed by atoms with Gasteiger partial charge in [0.25, 0.3) is 5.91 Å². The van der Waals surface area contributed by atoms with E-state index in [0.29, 0.717) is 23.7 Å². The minimum absolute atomic E-state index is 0.0269. The quantitative estimate of drug-likeness (QED) is 0.684. The molecule has 2 aliphatic rings. The number of nitrogens with zero attached hydrogens (tertiary/aromatic N) is 4. The number of pyridine rings is 1. The van der Waals surface area contributed by atoms with Crippen molar-refractivity contribution in [3.63, 3.8) is 0 Å². The van der Waals surface area contributed by atoms with Crippen LogP contribution in [0, 0.1) is 5.82 Å². The second-order valence-electron chi connectivity index (χ2n) is 7.36. The number of halogens is 1. The van der Waals surface area contributed by atoms with Crippen molar-refractivity contribution in [2.75, 3.05) is 7.11 Å². The highest BCUT2D eigenvalue weighted by Gasteiger charge is 2.43. The Morgan fingerprint density at radius 2 is 1.93 bits per heavy atom. The molecule has 4 heterocycles. The molecule has 0 saturated carbocycles. The van der Waals surface area contributed by atoms with Crippen molar-refractivity contribution < 1.29 is 13.9 Å². The summed E-state index contributed by atoms with van der Waals surface area (Å²) >= 11 is 0. The number of rotatable bonds is 3. The van der Waals surface area contributed by atoms with Crippen LogP contribution in [-0.2, 0) is 6.42 Å². The Hall–Kier alpha value is -3.35. The molecule has 6 nitrogen and oxygen atoms in total. The summed E-state index contributed by atoms with van der Waals surface area (Å²) < 4.78 is 18.3. The van der Waals surface area contributed by atoms with Crippen molar-refractivity contribution in [3.8, 4) is 17.3 Å². The molecule has 2 bridgehead atoms. The summed E-state index contributed by atoms with van der Waals surface area (Å²) in [5, 5.41) is 0. The van der Waals surface area contributed by atoms with Gasteiger partial charge in [-0.25, -0.2) is 19.3 Å². The molecular formula is C22H19FN4O2. The lowest BCUT2D eigenvalue weighted by molar-refractivity contribution is 0.0643. The van der Waals surface area contributed by atoms with E-state index in [0.717, 1.165) is 29.7 Å². The van der Waals surface area contributed by atoms with E-state index in [9.17, 15) is 9.18 Å². The molecule has 0 N–H and O–H groups in total. The molecule has 3 aromatic rings. The number of hydrogen-bond acceptors (Lipinski definition) is 5. The molecule has 1 fully saturated rings. The number of carbonyl (C=O) groups excluding carboxylic acids is 1. The smallest absolute Gasteiger partial charge is 0.256 e. The minimum atomic E-state index is -0.285. The maximum atomic E-state index is 13.2. The summed E-state index contributed by atoms with van der Waals surface area (Å²) in [7, 11) is 1.55. The molecule has 2 unspecified atom stereocenters. The summed E-state index contributed by atoms with van der Waals surface area (Å²) in [6.45, 7) is 0. The van der Waals surface area contributed by atoms with Gasteiger partial charge in [0, 0.05) is 42.0 Å².